The number of carboxylic acids is 1. The highest BCUT2D eigenvalue weighted by Gasteiger charge is 2.31. The van der Waals surface area contributed by atoms with Gasteiger partial charge in [0.05, 0.1) is 12.0 Å². The summed E-state index contributed by atoms with van der Waals surface area (Å²) in [5, 5.41) is 10.9. The quantitative estimate of drug-likeness (QED) is 0.685. The number of likely N-dealkylation sites (tertiary alicyclic amines) is 1. The third-order valence-corrected chi connectivity index (χ3v) is 3.02. The maximum absolute atomic E-state index is 11.7. The summed E-state index contributed by atoms with van der Waals surface area (Å²) < 4.78 is 0. The van der Waals surface area contributed by atoms with Crippen molar-refractivity contribution in [3.8, 4) is 0 Å². The first-order valence-electron chi connectivity index (χ1n) is 5.20. The van der Waals surface area contributed by atoms with E-state index in [0.717, 1.165) is 12.8 Å². The van der Waals surface area contributed by atoms with Crippen molar-refractivity contribution in [2.24, 2.45) is 0 Å². The van der Waals surface area contributed by atoms with Crippen LogP contribution < -0.4 is 5.11 Å². The first kappa shape index (κ1) is 12.4. The number of carboxylic acid groups (broad SMARTS) is 1. The average Bonchev–Trinajstić information content (AvgIpc) is 2.17. The standard InChI is InChI=1S/C10H17NO3S/c1-7-3-2-4-8(10(13)14)11(7)9(12)5-6-15/h7-8,15H,2-6H2,1H3,(H,13,14)/p-1/t7-,8-/m1/s1. The molecule has 15 heavy (non-hydrogen) atoms. The van der Waals surface area contributed by atoms with Gasteiger partial charge in [0, 0.05) is 12.5 Å². The second kappa shape index (κ2) is 5.39. The summed E-state index contributed by atoms with van der Waals surface area (Å²) in [5.41, 5.74) is 0. The molecule has 0 aromatic carbocycles. The van der Waals surface area contributed by atoms with Crippen LogP contribution in [-0.2, 0) is 9.59 Å². The Kier molecular flexibility index (Phi) is 4.45. The molecule has 5 heteroatoms. The van der Waals surface area contributed by atoms with E-state index in [0.29, 0.717) is 12.2 Å². The van der Waals surface area contributed by atoms with Crippen LogP contribution in [0.4, 0.5) is 0 Å². The molecular weight excluding hydrogens is 214 g/mol. The number of nitrogens with zero attached hydrogens (tertiary/aromatic N) is 1. The largest absolute Gasteiger partial charge is 0.548 e. The summed E-state index contributed by atoms with van der Waals surface area (Å²) in [5.74, 6) is -0.831. The van der Waals surface area contributed by atoms with E-state index in [1.807, 2.05) is 6.92 Å². The molecule has 0 aliphatic carbocycles. The van der Waals surface area contributed by atoms with Gasteiger partial charge in [-0.1, -0.05) is 0 Å². The molecule has 86 valence electrons. The highest BCUT2D eigenvalue weighted by molar-refractivity contribution is 7.80. The molecule has 4 nitrogen and oxygen atoms in total. The smallest absolute Gasteiger partial charge is 0.224 e. The SMILES string of the molecule is C[C@@H]1CCC[C@H](C(=O)[O-])N1C(=O)CCS. The zero-order chi connectivity index (χ0) is 11.4. The molecule has 0 radical (unpaired) electrons. The lowest BCUT2D eigenvalue weighted by atomic mass is 9.96. The summed E-state index contributed by atoms with van der Waals surface area (Å²) in [6.45, 7) is 1.88. The number of hydrogen-bond acceptors (Lipinski definition) is 4. The molecule has 1 aliphatic rings. The van der Waals surface area contributed by atoms with Crippen LogP contribution in [0.3, 0.4) is 0 Å². The number of hydrogen-bond donors (Lipinski definition) is 1. The Labute approximate surface area is 95.1 Å². The summed E-state index contributed by atoms with van der Waals surface area (Å²) >= 11 is 3.98. The van der Waals surface area contributed by atoms with Gasteiger partial charge in [0.15, 0.2) is 0 Å². The van der Waals surface area contributed by atoms with Gasteiger partial charge >= 0.3 is 0 Å². The lowest BCUT2D eigenvalue weighted by Gasteiger charge is -2.41. The Balaban J connectivity index is 2.76. The Morgan fingerprint density at radius 2 is 2.13 bits per heavy atom. The van der Waals surface area contributed by atoms with Gasteiger partial charge in [-0.3, -0.25) is 4.79 Å². The molecule has 0 N–H and O–H groups in total. The fraction of sp³-hybridized carbons (Fsp3) is 0.800. The molecule has 0 spiro atoms. The van der Waals surface area contributed by atoms with E-state index in [1.54, 1.807) is 0 Å². The number of carbonyl (C=O) groups is 2. The number of carbonyl (C=O) groups excluding carboxylic acids is 2. The van der Waals surface area contributed by atoms with Crippen LogP contribution in [0.15, 0.2) is 0 Å². The van der Waals surface area contributed by atoms with Crippen molar-refractivity contribution in [3.05, 3.63) is 0 Å². The fourth-order valence-electron chi connectivity index (χ4n) is 2.07. The van der Waals surface area contributed by atoms with Crippen molar-refractivity contribution in [2.45, 2.75) is 44.7 Å². The van der Waals surface area contributed by atoms with E-state index in [1.165, 1.54) is 4.90 Å². The Bertz CT molecular complexity index is 257. The molecule has 0 aromatic heterocycles. The normalized spacial score (nSPS) is 26.4. The predicted octanol–water partition coefficient (Wildman–Crippen LogP) is -0.174. The first-order valence-corrected chi connectivity index (χ1v) is 5.84. The van der Waals surface area contributed by atoms with Crippen LogP contribution in [0.1, 0.15) is 32.6 Å². The van der Waals surface area contributed by atoms with E-state index in [9.17, 15) is 14.7 Å². The van der Waals surface area contributed by atoms with Crippen molar-refractivity contribution in [1.29, 1.82) is 0 Å². The van der Waals surface area contributed by atoms with Crippen LogP contribution in [0.25, 0.3) is 0 Å². The zero-order valence-corrected chi connectivity index (χ0v) is 9.70. The molecular formula is C10H16NO3S-. The van der Waals surface area contributed by atoms with Crippen molar-refractivity contribution in [2.75, 3.05) is 5.75 Å². The van der Waals surface area contributed by atoms with Gasteiger partial charge in [-0.25, -0.2) is 0 Å². The minimum Gasteiger partial charge on any atom is -0.548 e. The fourth-order valence-corrected chi connectivity index (χ4v) is 2.26. The van der Waals surface area contributed by atoms with E-state index in [-0.39, 0.29) is 18.4 Å². The molecule has 1 aliphatic heterocycles. The summed E-state index contributed by atoms with van der Waals surface area (Å²) in [6, 6.07) is -0.754. The van der Waals surface area contributed by atoms with Crippen molar-refractivity contribution < 1.29 is 14.7 Å². The number of piperidine rings is 1. The zero-order valence-electron chi connectivity index (χ0n) is 8.81. The molecule has 1 saturated heterocycles. The van der Waals surface area contributed by atoms with Gasteiger partial charge < -0.3 is 14.8 Å². The maximum atomic E-state index is 11.7. The number of thiol groups is 1. The molecule has 1 heterocycles. The molecule has 1 amide bonds. The minimum absolute atomic E-state index is 0.00552. The third-order valence-electron chi connectivity index (χ3n) is 2.80. The number of aliphatic carboxylic acids is 1. The van der Waals surface area contributed by atoms with Crippen molar-refractivity contribution >= 4 is 24.5 Å². The molecule has 2 atom stereocenters. The monoisotopic (exact) mass is 230 g/mol. The molecule has 1 rings (SSSR count). The Hall–Kier alpha value is -0.710. The maximum Gasteiger partial charge on any atom is 0.224 e. The predicted molar refractivity (Wildman–Crippen MR) is 57.4 cm³/mol. The van der Waals surface area contributed by atoms with Crippen LogP contribution >= 0.6 is 12.6 Å². The lowest BCUT2D eigenvalue weighted by Crippen LogP contribution is -2.56. The molecule has 0 aromatic rings. The van der Waals surface area contributed by atoms with Crippen LogP contribution in [0, 0.1) is 0 Å². The van der Waals surface area contributed by atoms with Gasteiger partial charge in [-0.15, -0.1) is 0 Å². The number of rotatable bonds is 3. The summed E-state index contributed by atoms with van der Waals surface area (Å²) in [6.07, 6.45) is 2.49. The molecule has 0 bridgehead atoms. The number of amides is 1. The second-order valence-corrected chi connectivity index (χ2v) is 4.34. The van der Waals surface area contributed by atoms with E-state index < -0.39 is 12.0 Å². The van der Waals surface area contributed by atoms with Gasteiger partial charge in [-0.05, 0) is 31.9 Å². The van der Waals surface area contributed by atoms with Crippen LogP contribution in [0.5, 0.6) is 0 Å². The van der Waals surface area contributed by atoms with Crippen molar-refractivity contribution in [3.63, 3.8) is 0 Å². The van der Waals surface area contributed by atoms with E-state index >= 15 is 0 Å². The highest BCUT2D eigenvalue weighted by atomic mass is 32.1. The Morgan fingerprint density at radius 3 is 2.67 bits per heavy atom. The van der Waals surface area contributed by atoms with Gasteiger partial charge in [-0.2, -0.15) is 12.6 Å². The molecule has 1 fully saturated rings. The van der Waals surface area contributed by atoms with Gasteiger partial charge in [0.2, 0.25) is 5.91 Å². The third kappa shape index (κ3) is 2.87. The van der Waals surface area contributed by atoms with Gasteiger partial charge in [0.1, 0.15) is 0 Å². The van der Waals surface area contributed by atoms with Gasteiger partial charge in [0.25, 0.3) is 0 Å². The summed E-state index contributed by atoms with van der Waals surface area (Å²) in [7, 11) is 0. The average molecular weight is 230 g/mol. The van der Waals surface area contributed by atoms with Crippen LogP contribution in [0.2, 0.25) is 0 Å². The Morgan fingerprint density at radius 1 is 1.47 bits per heavy atom. The van der Waals surface area contributed by atoms with Crippen molar-refractivity contribution in [1.82, 2.24) is 4.90 Å². The second-order valence-electron chi connectivity index (χ2n) is 3.89. The molecule has 0 saturated carbocycles. The lowest BCUT2D eigenvalue weighted by molar-refractivity contribution is -0.312. The first-order chi connectivity index (χ1) is 7.07. The minimum atomic E-state index is -1.14. The van der Waals surface area contributed by atoms with Crippen LogP contribution in [-0.4, -0.2) is 34.6 Å². The van der Waals surface area contributed by atoms with E-state index in [4.69, 9.17) is 0 Å². The summed E-state index contributed by atoms with van der Waals surface area (Å²) in [4.78, 5) is 24.1. The van der Waals surface area contributed by atoms with E-state index in [2.05, 4.69) is 12.6 Å². The highest BCUT2D eigenvalue weighted by Crippen LogP contribution is 2.23. The molecule has 0 unspecified atom stereocenters. The topological polar surface area (TPSA) is 60.4 Å².